The Bertz CT molecular complexity index is 313. The van der Waals surface area contributed by atoms with Crippen LogP contribution in [0.5, 0.6) is 0 Å². The molecule has 2 unspecified atom stereocenters. The second-order valence-corrected chi connectivity index (χ2v) is 6.87. The molecule has 1 amide bonds. The molecule has 4 heteroatoms. The van der Waals surface area contributed by atoms with Crippen molar-refractivity contribution in [1.29, 1.82) is 0 Å². The molecule has 1 aliphatic carbocycles. The summed E-state index contributed by atoms with van der Waals surface area (Å²) in [7, 11) is 4.15. The number of carbonyl (C=O) groups is 1. The molecule has 20 heavy (non-hydrogen) atoms. The van der Waals surface area contributed by atoms with Gasteiger partial charge in [-0.3, -0.25) is 4.79 Å². The Kier molecular flexibility index (Phi) is 5.85. The molecule has 2 aliphatic rings. The van der Waals surface area contributed by atoms with Crippen LogP contribution < -0.4 is 5.73 Å². The van der Waals surface area contributed by atoms with Gasteiger partial charge in [0.05, 0.1) is 5.92 Å². The van der Waals surface area contributed by atoms with Crippen molar-refractivity contribution in [3.63, 3.8) is 0 Å². The number of piperidine rings is 1. The van der Waals surface area contributed by atoms with Crippen LogP contribution >= 0.6 is 0 Å². The van der Waals surface area contributed by atoms with Crippen molar-refractivity contribution in [2.75, 3.05) is 33.7 Å². The molecule has 116 valence electrons. The molecule has 0 aromatic carbocycles. The van der Waals surface area contributed by atoms with Crippen molar-refractivity contribution < 1.29 is 4.79 Å². The van der Waals surface area contributed by atoms with E-state index in [4.69, 9.17) is 5.73 Å². The highest BCUT2D eigenvalue weighted by Gasteiger charge is 2.30. The molecule has 4 nitrogen and oxygen atoms in total. The number of nitrogens with zero attached hydrogens (tertiary/aromatic N) is 2. The average Bonchev–Trinajstić information content (AvgIpc) is 2.65. The van der Waals surface area contributed by atoms with Gasteiger partial charge in [0.2, 0.25) is 5.91 Å². The Morgan fingerprint density at radius 3 is 2.50 bits per heavy atom. The van der Waals surface area contributed by atoms with Crippen LogP contribution in [0.15, 0.2) is 0 Å². The van der Waals surface area contributed by atoms with Gasteiger partial charge >= 0.3 is 0 Å². The van der Waals surface area contributed by atoms with Crippen LogP contribution in [0.25, 0.3) is 0 Å². The Balaban J connectivity index is 1.84. The molecule has 2 rings (SSSR count). The van der Waals surface area contributed by atoms with Crippen LogP contribution in [-0.4, -0.2) is 55.5 Å². The largest absolute Gasteiger partial charge is 0.345 e. The molecule has 2 N–H and O–H groups in total. The van der Waals surface area contributed by atoms with Crippen LogP contribution in [0.4, 0.5) is 0 Å². The first kappa shape index (κ1) is 15.8. The predicted molar refractivity (Wildman–Crippen MR) is 82.4 cm³/mol. The summed E-state index contributed by atoms with van der Waals surface area (Å²) in [4.78, 5) is 17.0. The van der Waals surface area contributed by atoms with Crippen LogP contribution in [0.2, 0.25) is 0 Å². The predicted octanol–water partition coefficient (Wildman–Crippen LogP) is 1.69. The van der Waals surface area contributed by atoms with E-state index < -0.39 is 0 Å². The lowest BCUT2D eigenvalue weighted by atomic mass is 9.92. The van der Waals surface area contributed by atoms with Crippen molar-refractivity contribution in [1.82, 2.24) is 9.80 Å². The van der Waals surface area contributed by atoms with Crippen molar-refractivity contribution >= 4 is 5.91 Å². The number of hydrogen-bond donors (Lipinski definition) is 1. The number of likely N-dealkylation sites (tertiary alicyclic amines) is 1. The molecule has 1 aliphatic heterocycles. The minimum Gasteiger partial charge on any atom is -0.345 e. The third kappa shape index (κ3) is 4.19. The average molecular weight is 281 g/mol. The van der Waals surface area contributed by atoms with Gasteiger partial charge in [0.25, 0.3) is 0 Å². The van der Waals surface area contributed by atoms with E-state index in [1.807, 2.05) is 11.9 Å². The smallest absolute Gasteiger partial charge is 0.226 e. The van der Waals surface area contributed by atoms with Crippen molar-refractivity contribution in [2.45, 2.75) is 51.0 Å². The van der Waals surface area contributed by atoms with Crippen molar-refractivity contribution in [2.24, 2.45) is 17.6 Å². The van der Waals surface area contributed by atoms with Gasteiger partial charge in [-0.05, 0) is 51.7 Å². The van der Waals surface area contributed by atoms with Crippen LogP contribution in [-0.2, 0) is 4.79 Å². The quantitative estimate of drug-likeness (QED) is 0.801. The number of carbonyl (C=O) groups excluding carboxylic acids is 1. The standard InChI is InChI=1S/C16H31N3O/c1-18-10-8-13(9-11-18)12-19(2)16(20)14-6-4-3-5-7-15(14)17/h13-15H,3-12,17H2,1-2H3. The fourth-order valence-corrected chi connectivity index (χ4v) is 3.65. The molecule has 0 spiro atoms. The summed E-state index contributed by atoms with van der Waals surface area (Å²) >= 11 is 0. The second kappa shape index (κ2) is 7.41. The monoisotopic (exact) mass is 281 g/mol. The Morgan fingerprint density at radius 1 is 1.15 bits per heavy atom. The minimum atomic E-state index is 0.0637. The molecule has 0 aromatic rings. The molecule has 1 heterocycles. The fourth-order valence-electron chi connectivity index (χ4n) is 3.65. The third-order valence-electron chi connectivity index (χ3n) is 5.13. The van der Waals surface area contributed by atoms with E-state index in [1.54, 1.807) is 0 Å². The van der Waals surface area contributed by atoms with E-state index in [2.05, 4.69) is 11.9 Å². The zero-order valence-electron chi connectivity index (χ0n) is 13.2. The molecule has 0 aromatic heterocycles. The van der Waals surface area contributed by atoms with E-state index in [0.29, 0.717) is 11.8 Å². The van der Waals surface area contributed by atoms with Crippen molar-refractivity contribution in [3.05, 3.63) is 0 Å². The minimum absolute atomic E-state index is 0.0637. The van der Waals surface area contributed by atoms with Gasteiger partial charge in [0.15, 0.2) is 0 Å². The third-order valence-corrected chi connectivity index (χ3v) is 5.13. The fraction of sp³-hybridized carbons (Fsp3) is 0.938. The van der Waals surface area contributed by atoms with E-state index in [-0.39, 0.29) is 12.0 Å². The normalized spacial score (nSPS) is 29.9. The first-order valence-corrected chi connectivity index (χ1v) is 8.27. The summed E-state index contributed by atoms with van der Waals surface area (Å²) in [5.41, 5.74) is 6.21. The maximum Gasteiger partial charge on any atom is 0.226 e. The molecule has 2 fully saturated rings. The first-order chi connectivity index (χ1) is 9.58. The Morgan fingerprint density at radius 2 is 1.80 bits per heavy atom. The second-order valence-electron chi connectivity index (χ2n) is 6.87. The van der Waals surface area contributed by atoms with Crippen LogP contribution in [0.1, 0.15) is 44.9 Å². The van der Waals surface area contributed by atoms with Gasteiger partial charge in [-0.1, -0.05) is 19.3 Å². The lowest BCUT2D eigenvalue weighted by molar-refractivity contribution is -0.135. The Labute approximate surface area is 123 Å². The lowest BCUT2D eigenvalue weighted by Gasteiger charge is -2.33. The number of rotatable bonds is 3. The highest BCUT2D eigenvalue weighted by atomic mass is 16.2. The topological polar surface area (TPSA) is 49.6 Å². The maximum atomic E-state index is 12.6. The van der Waals surface area contributed by atoms with Gasteiger partial charge in [0.1, 0.15) is 0 Å². The summed E-state index contributed by atoms with van der Waals surface area (Å²) in [6, 6.07) is 0.0740. The summed E-state index contributed by atoms with van der Waals surface area (Å²) in [6.07, 6.45) is 8.00. The zero-order valence-corrected chi connectivity index (χ0v) is 13.2. The van der Waals surface area contributed by atoms with Gasteiger partial charge in [-0.25, -0.2) is 0 Å². The van der Waals surface area contributed by atoms with E-state index in [9.17, 15) is 4.79 Å². The van der Waals surface area contributed by atoms with Gasteiger partial charge in [-0.2, -0.15) is 0 Å². The first-order valence-electron chi connectivity index (χ1n) is 8.27. The SMILES string of the molecule is CN1CCC(CN(C)C(=O)C2CCCCCC2N)CC1. The zero-order chi connectivity index (χ0) is 14.5. The molecule has 1 saturated carbocycles. The molecule has 2 atom stereocenters. The Hall–Kier alpha value is -0.610. The molecular weight excluding hydrogens is 250 g/mol. The lowest BCUT2D eigenvalue weighted by Crippen LogP contribution is -2.45. The molecule has 0 radical (unpaired) electrons. The van der Waals surface area contributed by atoms with Gasteiger partial charge in [-0.15, -0.1) is 0 Å². The van der Waals surface area contributed by atoms with Crippen LogP contribution in [0.3, 0.4) is 0 Å². The van der Waals surface area contributed by atoms with Crippen molar-refractivity contribution in [3.8, 4) is 0 Å². The summed E-state index contributed by atoms with van der Waals surface area (Å²) < 4.78 is 0. The van der Waals surface area contributed by atoms with E-state index in [1.165, 1.54) is 25.7 Å². The van der Waals surface area contributed by atoms with E-state index >= 15 is 0 Å². The molecular formula is C16H31N3O. The highest BCUT2D eigenvalue weighted by Crippen LogP contribution is 2.25. The van der Waals surface area contributed by atoms with E-state index in [0.717, 1.165) is 38.9 Å². The number of hydrogen-bond acceptors (Lipinski definition) is 3. The summed E-state index contributed by atoms with van der Waals surface area (Å²) in [5, 5.41) is 0. The number of nitrogens with two attached hydrogens (primary N) is 1. The van der Waals surface area contributed by atoms with Gasteiger partial charge < -0.3 is 15.5 Å². The molecule has 0 bridgehead atoms. The summed E-state index contributed by atoms with van der Waals surface area (Å²) in [6.45, 7) is 3.24. The van der Waals surface area contributed by atoms with Gasteiger partial charge in [0, 0.05) is 19.6 Å². The van der Waals surface area contributed by atoms with Crippen LogP contribution in [0, 0.1) is 11.8 Å². The number of amides is 1. The molecule has 1 saturated heterocycles. The highest BCUT2D eigenvalue weighted by molar-refractivity contribution is 5.79. The maximum absolute atomic E-state index is 12.6. The summed E-state index contributed by atoms with van der Waals surface area (Å²) in [5.74, 6) is 1.02.